The third-order valence-corrected chi connectivity index (χ3v) is 5.45. The van der Waals surface area contributed by atoms with Crippen molar-refractivity contribution in [2.24, 2.45) is 0 Å². The Balaban J connectivity index is 1.75. The van der Waals surface area contributed by atoms with Crippen LogP contribution < -0.4 is 4.74 Å². The first-order chi connectivity index (χ1) is 13.8. The molecular weight excluding hydrogens is 384 g/mol. The molecule has 0 aliphatic carbocycles. The molecule has 1 N–H and O–H groups in total. The van der Waals surface area contributed by atoms with Gasteiger partial charge in [-0.15, -0.1) is 11.3 Å². The first-order valence-corrected chi connectivity index (χ1v) is 10.4. The molecule has 0 radical (unpaired) electrons. The van der Waals surface area contributed by atoms with E-state index in [4.69, 9.17) is 4.74 Å². The highest BCUT2D eigenvalue weighted by Gasteiger charge is 2.35. The standard InChI is InChI=1S/C23H26N2O3S/c1-23(2,3)25(22(26)27)20(21-24-13-14-29-21)15-17-9-11-19(12-10-17)28-16-18-7-5-4-6-8-18/h4-14,20H,15-16H2,1-3H3,(H,26,27). The van der Waals surface area contributed by atoms with E-state index in [1.165, 1.54) is 16.2 Å². The molecule has 0 fully saturated rings. The summed E-state index contributed by atoms with van der Waals surface area (Å²) in [6.07, 6.45) is 1.33. The normalized spacial score (nSPS) is 12.4. The fraction of sp³-hybridized carbons (Fsp3) is 0.304. The summed E-state index contributed by atoms with van der Waals surface area (Å²) < 4.78 is 5.85. The zero-order valence-electron chi connectivity index (χ0n) is 16.9. The Morgan fingerprint density at radius 2 is 1.79 bits per heavy atom. The Morgan fingerprint density at radius 3 is 2.34 bits per heavy atom. The van der Waals surface area contributed by atoms with Gasteiger partial charge in [0.25, 0.3) is 0 Å². The SMILES string of the molecule is CC(C)(C)N(C(=O)O)C(Cc1ccc(OCc2ccccc2)cc1)c1nccs1. The largest absolute Gasteiger partial charge is 0.489 e. The van der Waals surface area contributed by atoms with Crippen molar-refractivity contribution in [3.05, 3.63) is 82.3 Å². The van der Waals surface area contributed by atoms with Crippen LogP contribution in [0.1, 0.15) is 42.9 Å². The van der Waals surface area contributed by atoms with Crippen LogP contribution in [0.3, 0.4) is 0 Å². The summed E-state index contributed by atoms with van der Waals surface area (Å²) in [5.74, 6) is 0.786. The summed E-state index contributed by atoms with van der Waals surface area (Å²) >= 11 is 1.48. The Hall–Kier alpha value is -2.86. The van der Waals surface area contributed by atoms with Gasteiger partial charge in [0.2, 0.25) is 0 Å². The summed E-state index contributed by atoms with van der Waals surface area (Å²) in [7, 11) is 0. The van der Waals surface area contributed by atoms with Crippen molar-refractivity contribution in [2.75, 3.05) is 0 Å². The molecule has 5 nitrogen and oxygen atoms in total. The van der Waals surface area contributed by atoms with Crippen molar-refractivity contribution in [3.8, 4) is 5.75 Å². The molecule has 152 valence electrons. The van der Waals surface area contributed by atoms with E-state index in [2.05, 4.69) is 4.98 Å². The maximum Gasteiger partial charge on any atom is 0.408 e. The number of rotatable bonds is 7. The Morgan fingerprint density at radius 1 is 1.10 bits per heavy atom. The second-order valence-electron chi connectivity index (χ2n) is 7.83. The van der Waals surface area contributed by atoms with E-state index in [1.807, 2.05) is 80.7 Å². The number of amides is 1. The monoisotopic (exact) mass is 410 g/mol. The zero-order chi connectivity index (χ0) is 20.9. The fourth-order valence-electron chi connectivity index (χ4n) is 3.26. The van der Waals surface area contributed by atoms with Crippen molar-refractivity contribution in [3.63, 3.8) is 0 Å². The fourth-order valence-corrected chi connectivity index (χ4v) is 3.99. The van der Waals surface area contributed by atoms with Crippen LogP contribution in [0.2, 0.25) is 0 Å². The minimum absolute atomic E-state index is 0.344. The zero-order valence-corrected chi connectivity index (χ0v) is 17.7. The number of ether oxygens (including phenoxy) is 1. The van der Waals surface area contributed by atoms with Crippen LogP contribution in [0.4, 0.5) is 4.79 Å². The van der Waals surface area contributed by atoms with Crippen LogP contribution in [-0.4, -0.2) is 26.6 Å². The van der Waals surface area contributed by atoms with Crippen LogP contribution >= 0.6 is 11.3 Å². The quantitative estimate of drug-likeness (QED) is 0.536. The lowest BCUT2D eigenvalue weighted by molar-refractivity contribution is 0.0695. The van der Waals surface area contributed by atoms with E-state index in [-0.39, 0.29) is 6.04 Å². The summed E-state index contributed by atoms with van der Waals surface area (Å²) in [4.78, 5) is 17.9. The Bertz CT molecular complexity index is 904. The van der Waals surface area contributed by atoms with E-state index in [0.717, 1.165) is 21.9 Å². The van der Waals surface area contributed by atoms with Gasteiger partial charge in [0.1, 0.15) is 17.4 Å². The smallest absolute Gasteiger partial charge is 0.408 e. The highest BCUT2D eigenvalue weighted by molar-refractivity contribution is 7.09. The van der Waals surface area contributed by atoms with Crippen molar-refractivity contribution in [1.29, 1.82) is 0 Å². The molecule has 0 aliphatic heterocycles. The molecule has 0 saturated carbocycles. The van der Waals surface area contributed by atoms with Crippen molar-refractivity contribution in [1.82, 2.24) is 9.88 Å². The van der Waals surface area contributed by atoms with Gasteiger partial charge >= 0.3 is 6.09 Å². The minimum Gasteiger partial charge on any atom is -0.489 e. The van der Waals surface area contributed by atoms with Gasteiger partial charge in [-0.3, -0.25) is 4.90 Å². The molecule has 1 unspecified atom stereocenters. The van der Waals surface area contributed by atoms with Gasteiger partial charge in [0, 0.05) is 17.1 Å². The van der Waals surface area contributed by atoms with Crippen LogP contribution in [0, 0.1) is 0 Å². The molecule has 2 aromatic carbocycles. The highest BCUT2D eigenvalue weighted by Crippen LogP contribution is 2.33. The molecule has 6 heteroatoms. The lowest BCUT2D eigenvalue weighted by atomic mass is 9.98. The first kappa shape index (κ1) is 20.9. The van der Waals surface area contributed by atoms with E-state index < -0.39 is 11.6 Å². The topological polar surface area (TPSA) is 62.7 Å². The minimum atomic E-state index is -0.944. The van der Waals surface area contributed by atoms with Gasteiger partial charge in [-0.1, -0.05) is 42.5 Å². The maximum absolute atomic E-state index is 12.0. The first-order valence-electron chi connectivity index (χ1n) is 9.52. The number of carboxylic acid groups (broad SMARTS) is 1. The summed E-state index contributed by atoms with van der Waals surface area (Å²) in [5.41, 5.74) is 1.61. The molecule has 1 aromatic heterocycles. The number of aromatic nitrogens is 1. The molecule has 3 aromatic rings. The lowest BCUT2D eigenvalue weighted by Crippen LogP contribution is -2.47. The molecular formula is C23H26N2O3S. The van der Waals surface area contributed by atoms with E-state index in [1.54, 1.807) is 6.20 Å². The summed E-state index contributed by atoms with van der Waals surface area (Å²) in [6.45, 7) is 6.23. The van der Waals surface area contributed by atoms with Crippen molar-refractivity contribution < 1.29 is 14.6 Å². The van der Waals surface area contributed by atoms with Crippen molar-refractivity contribution >= 4 is 17.4 Å². The summed E-state index contributed by atoms with van der Waals surface area (Å²) in [6, 6.07) is 17.5. The van der Waals surface area contributed by atoms with Gasteiger partial charge in [-0.05, 0) is 50.5 Å². The number of carbonyl (C=O) groups is 1. The number of thiazole rings is 1. The van der Waals surface area contributed by atoms with Crippen LogP contribution in [0.5, 0.6) is 5.75 Å². The van der Waals surface area contributed by atoms with E-state index in [9.17, 15) is 9.90 Å². The predicted octanol–water partition coefficient (Wildman–Crippen LogP) is 5.78. The van der Waals surface area contributed by atoms with Gasteiger partial charge in [0.05, 0.1) is 6.04 Å². The number of hydrogen-bond donors (Lipinski definition) is 1. The molecule has 1 atom stereocenters. The average Bonchev–Trinajstić information content (AvgIpc) is 3.21. The third kappa shape index (κ3) is 5.57. The molecule has 0 bridgehead atoms. The second kappa shape index (κ2) is 9.09. The van der Waals surface area contributed by atoms with Crippen molar-refractivity contribution in [2.45, 2.75) is 45.4 Å². The van der Waals surface area contributed by atoms with E-state index in [0.29, 0.717) is 13.0 Å². The molecule has 0 aliphatic rings. The molecule has 1 amide bonds. The van der Waals surface area contributed by atoms with Crippen LogP contribution in [0.25, 0.3) is 0 Å². The van der Waals surface area contributed by atoms with Gasteiger partial charge in [-0.25, -0.2) is 9.78 Å². The molecule has 3 rings (SSSR count). The summed E-state index contributed by atoms with van der Waals surface area (Å²) in [5, 5.41) is 12.5. The van der Waals surface area contributed by atoms with E-state index >= 15 is 0 Å². The Labute approximate surface area is 175 Å². The predicted molar refractivity (Wildman–Crippen MR) is 115 cm³/mol. The number of hydrogen-bond acceptors (Lipinski definition) is 4. The third-order valence-electron chi connectivity index (χ3n) is 4.58. The van der Waals surface area contributed by atoms with Gasteiger partial charge in [0.15, 0.2) is 0 Å². The number of nitrogens with zero attached hydrogens (tertiary/aromatic N) is 2. The molecule has 1 heterocycles. The average molecular weight is 411 g/mol. The van der Waals surface area contributed by atoms with Gasteiger partial charge in [-0.2, -0.15) is 0 Å². The molecule has 0 saturated heterocycles. The Kier molecular flexibility index (Phi) is 6.54. The van der Waals surface area contributed by atoms with Crippen LogP contribution in [0.15, 0.2) is 66.2 Å². The van der Waals surface area contributed by atoms with Gasteiger partial charge < -0.3 is 9.84 Å². The van der Waals surface area contributed by atoms with Crippen LogP contribution in [-0.2, 0) is 13.0 Å². The molecule has 29 heavy (non-hydrogen) atoms. The molecule has 0 spiro atoms. The highest BCUT2D eigenvalue weighted by atomic mass is 32.1. The second-order valence-corrected chi connectivity index (χ2v) is 8.76. The lowest BCUT2D eigenvalue weighted by Gasteiger charge is -2.38. The maximum atomic E-state index is 12.0. The number of benzene rings is 2.